The molecule has 0 spiro atoms. The number of amides is 1. The fraction of sp³-hybridized carbons (Fsp3) is 0.0455. The van der Waals surface area contributed by atoms with Gasteiger partial charge in [-0.3, -0.25) is 9.59 Å². The van der Waals surface area contributed by atoms with Crippen LogP contribution in [-0.4, -0.2) is 24.0 Å². The van der Waals surface area contributed by atoms with Gasteiger partial charge in [0.25, 0.3) is 5.91 Å². The Hall–Kier alpha value is -4.07. The monoisotopic (exact) mass is 408 g/mol. The zero-order chi connectivity index (χ0) is 21.4. The number of fused-ring (bicyclic) bond motifs is 2. The van der Waals surface area contributed by atoms with E-state index in [1.165, 1.54) is 43.5 Å². The number of hydrogen-bond donors (Lipinski definition) is 2. The van der Waals surface area contributed by atoms with Gasteiger partial charge in [-0.25, -0.2) is 13.6 Å². The standard InChI is InChI=1S/C22H14F2N2O4/c1-30-22(29)11-2-5-14(6-3-11)25-21(28)17-10-13(24)9-16-19(17)26-18-7-4-12(23)8-15(18)20(16)27/h2-10H,1H3,(H,25,28)(H,26,27). The molecule has 4 rings (SSSR count). The van der Waals surface area contributed by atoms with Crippen LogP contribution in [0.2, 0.25) is 0 Å². The van der Waals surface area contributed by atoms with Crippen LogP contribution in [0, 0.1) is 11.6 Å². The second-order valence-corrected chi connectivity index (χ2v) is 6.54. The van der Waals surface area contributed by atoms with Crippen molar-refractivity contribution in [2.75, 3.05) is 12.4 Å². The van der Waals surface area contributed by atoms with E-state index in [4.69, 9.17) is 0 Å². The number of methoxy groups -OCH3 is 1. The predicted octanol–water partition coefficient (Wildman–Crippen LogP) is 4.00. The minimum Gasteiger partial charge on any atom is -0.465 e. The quantitative estimate of drug-likeness (QED) is 0.396. The molecule has 0 unspecified atom stereocenters. The molecule has 0 bridgehead atoms. The van der Waals surface area contributed by atoms with Crippen LogP contribution in [0.25, 0.3) is 21.8 Å². The van der Waals surface area contributed by atoms with E-state index in [9.17, 15) is 23.2 Å². The lowest BCUT2D eigenvalue weighted by molar-refractivity contribution is 0.0600. The van der Waals surface area contributed by atoms with E-state index >= 15 is 0 Å². The Morgan fingerprint density at radius 3 is 2.33 bits per heavy atom. The van der Waals surface area contributed by atoms with Gasteiger partial charge in [0.15, 0.2) is 5.43 Å². The van der Waals surface area contributed by atoms with E-state index in [2.05, 4.69) is 15.0 Å². The molecule has 0 fully saturated rings. The number of pyridine rings is 1. The van der Waals surface area contributed by atoms with Crippen LogP contribution >= 0.6 is 0 Å². The number of aromatic amines is 1. The molecule has 8 heteroatoms. The summed E-state index contributed by atoms with van der Waals surface area (Å²) in [5, 5.41) is 2.58. The molecule has 1 aromatic heterocycles. The smallest absolute Gasteiger partial charge is 0.337 e. The Kier molecular flexibility index (Phi) is 4.75. The van der Waals surface area contributed by atoms with Crippen molar-refractivity contribution in [1.82, 2.24) is 4.98 Å². The molecular formula is C22H14F2N2O4. The van der Waals surface area contributed by atoms with Gasteiger partial charge in [-0.05, 0) is 54.6 Å². The first-order valence-corrected chi connectivity index (χ1v) is 8.82. The largest absolute Gasteiger partial charge is 0.465 e. The second kappa shape index (κ2) is 7.40. The molecule has 1 heterocycles. The fourth-order valence-electron chi connectivity index (χ4n) is 3.20. The second-order valence-electron chi connectivity index (χ2n) is 6.54. The average Bonchev–Trinajstić information content (AvgIpc) is 2.74. The molecular weight excluding hydrogens is 394 g/mol. The van der Waals surface area contributed by atoms with Crippen molar-refractivity contribution in [1.29, 1.82) is 0 Å². The first-order chi connectivity index (χ1) is 14.4. The SMILES string of the molecule is COC(=O)c1ccc(NC(=O)c2cc(F)cc3c(=O)c4cc(F)ccc4[nH]c23)cc1. The van der Waals surface area contributed by atoms with Gasteiger partial charge < -0.3 is 15.0 Å². The van der Waals surface area contributed by atoms with Crippen LogP contribution in [0.4, 0.5) is 14.5 Å². The molecule has 0 aliphatic carbocycles. The predicted molar refractivity (Wildman–Crippen MR) is 108 cm³/mol. The van der Waals surface area contributed by atoms with Gasteiger partial charge in [0.05, 0.1) is 23.8 Å². The molecule has 2 N–H and O–H groups in total. The normalized spacial score (nSPS) is 10.9. The van der Waals surface area contributed by atoms with Crippen LogP contribution < -0.4 is 10.7 Å². The number of nitrogens with one attached hydrogen (secondary N) is 2. The number of ether oxygens (including phenoxy) is 1. The lowest BCUT2D eigenvalue weighted by Gasteiger charge is -2.10. The third-order valence-electron chi connectivity index (χ3n) is 4.64. The number of carbonyl (C=O) groups is 2. The van der Waals surface area contributed by atoms with Crippen molar-refractivity contribution in [3.05, 3.63) is 87.6 Å². The average molecular weight is 408 g/mol. The van der Waals surface area contributed by atoms with Gasteiger partial charge in [-0.15, -0.1) is 0 Å². The maximum Gasteiger partial charge on any atom is 0.337 e. The number of esters is 1. The molecule has 0 saturated heterocycles. The van der Waals surface area contributed by atoms with Crippen LogP contribution in [0.1, 0.15) is 20.7 Å². The number of carbonyl (C=O) groups excluding carboxylic acids is 2. The zero-order valence-corrected chi connectivity index (χ0v) is 15.6. The van der Waals surface area contributed by atoms with E-state index < -0.39 is 28.9 Å². The number of H-pyrrole nitrogens is 1. The van der Waals surface area contributed by atoms with Crippen molar-refractivity contribution in [2.45, 2.75) is 0 Å². The van der Waals surface area contributed by atoms with Gasteiger partial charge in [0.1, 0.15) is 11.6 Å². The molecule has 0 atom stereocenters. The highest BCUT2D eigenvalue weighted by atomic mass is 19.1. The van der Waals surface area contributed by atoms with Gasteiger partial charge in [-0.1, -0.05) is 0 Å². The molecule has 0 aliphatic heterocycles. The highest BCUT2D eigenvalue weighted by molar-refractivity contribution is 6.13. The number of anilines is 1. The molecule has 3 aromatic carbocycles. The van der Waals surface area contributed by atoms with Crippen LogP contribution in [0.3, 0.4) is 0 Å². The van der Waals surface area contributed by atoms with Crippen molar-refractivity contribution in [2.24, 2.45) is 0 Å². The number of halogens is 2. The number of aromatic nitrogens is 1. The Bertz CT molecular complexity index is 1380. The maximum absolute atomic E-state index is 14.2. The van der Waals surface area contributed by atoms with Gasteiger partial charge >= 0.3 is 5.97 Å². The minimum absolute atomic E-state index is 0.0536. The van der Waals surface area contributed by atoms with Crippen molar-refractivity contribution >= 4 is 39.4 Å². The molecule has 150 valence electrons. The molecule has 30 heavy (non-hydrogen) atoms. The van der Waals surface area contributed by atoms with Crippen LogP contribution in [-0.2, 0) is 4.74 Å². The molecule has 0 radical (unpaired) electrons. The molecule has 4 aromatic rings. The topological polar surface area (TPSA) is 88.3 Å². The zero-order valence-electron chi connectivity index (χ0n) is 15.6. The fourth-order valence-corrected chi connectivity index (χ4v) is 3.20. The van der Waals surface area contributed by atoms with Crippen molar-refractivity contribution < 1.29 is 23.1 Å². The number of rotatable bonds is 3. The molecule has 0 saturated carbocycles. The Balaban J connectivity index is 1.79. The number of benzene rings is 3. The minimum atomic E-state index is -0.782. The molecule has 1 amide bonds. The summed E-state index contributed by atoms with van der Waals surface area (Å²) in [4.78, 5) is 40.0. The van der Waals surface area contributed by atoms with Crippen molar-refractivity contribution in [3.8, 4) is 0 Å². The third kappa shape index (κ3) is 3.39. The van der Waals surface area contributed by atoms with Gasteiger partial charge in [0.2, 0.25) is 0 Å². The third-order valence-corrected chi connectivity index (χ3v) is 4.64. The van der Waals surface area contributed by atoms with Gasteiger partial charge in [0, 0.05) is 22.0 Å². The van der Waals surface area contributed by atoms with Gasteiger partial charge in [-0.2, -0.15) is 0 Å². The Labute approximate surface area is 168 Å². The first kappa shape index (κ1) is 19.3. The summed E-state index contributed by atoms with van der Waals surface area (Å²) in [5.41, 5.74) is 0.422. The van der Waals surface area contributed by atoms with Crippen LogP contribution in [0.5, 0.6) is 0 Å². The van der Waals surface area contributed by atoms with E-state index in [0.717, 1.165) is 18.2 Å². The van der Waals surface area contributed by atoms with E-state index in [0.29, 0.717) is 16.8 Å². The maximum atomic E-state index is 14.2. The van der Waals surface area contributed by atoms with E-state index in [1.54, 1.807) is 0 Å². The molecule has 0 aliphatic rings. The highest BCUT2D eigenvalue weighted by Crippen LogP contribution is 2.22. The summed E-state index contributed by atoms with van der Waals surface area (Å²) in [6, 6.07) is 11.5. The summed E-state index contributed by atoms with van der Waals surface area (Å²) in [6.07, 6.45) is 0. The van der Waals surface area contributed by atoms with Crippen molar-refractivity contribution in [3.63, 3.8) is 0 Å². The lowest BCUT2D eigenvalue weighted by Crippen LogP contribution is -2.15. The summed E-state index contributed by atoms with van der Waals surface area (Å²) in [6.45, 7) is 0. The van der Waals surface area contributed by atoms with Crippen LogP contribution in [0.15, 0.2) is 59.4 Å². The highest BCUT2D eigenvalue weighted by Gasteiger charge is 2.17. The summed E-state index contributed by atoms with van der Waals surface area (Å²) in [5.74, 6) is -2.57. The number of hydrogen-bond acceptors (Lipinski definition) is 4. The Morgan fingerprint density at radius 1 is 0.933 bits per heavy atom. The lowest BCUT2D eigenvalue weighted by atomic mass is 10.0. The first-order valence-electron chi connectivity index (χ1n) is 8.82. The Morgan fingerprint density at radius 2 is 1.63 bits per heavy atom. The summed E-state index contributed by atoms with van der Waals surface area (Å²) >= 11 is 0. The van der Waals surface area contributed by atoms with E-state index in [1.807, 2.05) is 0 Å². The molecule has 6 nitrogen and oxygen atoms in total. The summed E-state index contributed by atoms with van der Waals surface area (Å²) < 4.78 is 32.3. The summed E-state index contributed by atoms with van der Waals surface area (Å²) in [7, 11) is 1.26. The van der Waals surface area contributed by atoms with E-state index in [-0.39, 0.29) is 21.9 Å².